The molecule has 0 fully saturated rings. The maximum Gasteiger partial charge on any atom is 0.322 e. The van der Waals surface area contributed by atoms with Crippen molar-refractivity contribution in [2.45, 2.75) is 26.7 Å². The summed E-state index contributed by atoms with van der Waals surface area (Å²) in [5.74, 6) is 0.122. The van der Waals surface area contributed by atoms with Crippen LogP contribution in [-0.4, -0.2) is 25.9 Å². The molecule has 3 aromatic rings. The van der Waals surface area contributed by atoms with Gasteiger partial charge in [-0.1, -0.05) is 36.3 Å². The number of nitrogens with zero attached hydrogens (tertiary/aromatic N) is 4. The van der Waals surface area contributed by atoms with E-state index >= 15 is 0 Å². The van der Waals surface area contributed by atoms with E-state index < -0.39 is 0 Å². The van der Waals surface area contributed by atoms with Crippen LogP contribution in [-0.2, 0) is 24.7 Å². The summed E-state index contributed by atoms with van der Waals surface area (Å²) in [6.07, 6.45) is 1.23. The normalized spacial score (nSPS) is 10.8. The second-order valence-electron chi connectivity index (χ2n) is 5.60. The van der Waals surface area contributed by atoms with E-state index in [1.54, 1.807) is 11.7 Å². The van der Waals surface area contributed by atoms with E-state index in [9.17, 15) is 4.79 Å². The molecule has 7 nitrogen and oxygen atoms in total. The first kappa shape index (κ1) is 15.9. The van der Waals surface area contributed by atoms with Crippen molar-refractivity contribution in [3.63, 3.8) is 0 Å². The van der Waals surface area contributed by atoms with Gasteiger partial charge in [0.15, 0.2) is 0 Å². The number of hydrogen-bond acceptors (Lipinski definition) is 5. The van der Waals surface area contributed by atoms with E-state index in [-0.39, 0.29) is 18.3 Å². The van der Waals surface area contributed by atoms with Gasteiger partial charge in [-0.25, -0.2) is 0 Å². The molecular weight excluding hydrogens is 306 g/mol. The molecule has 124 valence electrons. The van der Waals surface area contributed by atoms with Gasteiger partial charge in [0.25, 0.3) is 5.89 Å². The summed E-state index contributed by atoms with van der Waals surface area (Å²) >= 11 is 0. The Labute approximate surface area is 139 Å². The van der Waals surface area contributed by atoms with Gasteiger partial charge in [0.05, 0.1) is 12.1 Å². The standard InChI is InChI=1S/C17H19N5O2/c1-4-12-5-7-13(8-6-12)10-15(23)18-17-20-19-16(24-17)14-9-11(2)21-22(14)3/h5-9H,4,10H2,1-3H3,(H,18,20,23). The molecule has 1 N–H and O–H groups in total. The quantitative estimate of drug-likeness (QED) is 0.779. The van der Waals surface area contributed by atoms with Crippen molar-refractivity contribution in [1.82, 2.24) is 20.0 Å². The highest BCUT2D eigenvalue weighted by Gasteiger charge is 2.15. The summed E-state index contributed by atoms with van der Waals surface area (Å²) in [6.45, 7) is 3.98. The molecule has 0 bridgehead atoms. The molecule has 0 atom stereocenters. The third-order valence-electron chi connectivity index (χ3n) is 3.69. The molecule has 7 heteroatoms. The molecule has 0 spiro atoms. The number of rotatable bonds is 5. The summed E-state index contributed by atoms with van der Waals surface area (Å²) in [4.78, 5) is 12.1. The van der Waals surface area contributed by atoms with Gasteiger partial charge in [0.2, 0.25) is 5.91 Å². The zero-order chi connectivity index (χ0) is 17.1. The lowest BCUT2D eigenvalue weighted by molar-refractivity contribution is -0.115. The van der Waals surface area contributed by atoms with Gasteiger partial charge in [0, 0.05) is 7.05 Å². The highest BCUT2D eigenvalue weighted by Crippen LogP contribution is 2.20. The fraction of sp³-hybridized carbons (Fsp3) is 0.294. The second kappa shape index (κ2) is 6.66. The molecule has 1 amide bonds. The lowest BCUT2D eigenvalue weighted by Gasteiger charge is -2.02. The zero-order valence-electron chi connectivity index (χ0n) is 13.9. The van der Waals surface area contributed by atoms with E-state index in [4.69, 9.17) is 4.42 Å². The number of carbonyl (C=O) groups is 1. The molecule has 1 aromatic carbocycles. The Balaban J connectivity index is 1.65. The second-order valence-corrected chi connectivity index (χ2v) is 5.60. The maximum absolute atomic E-state index is 12.1. The number of anilines is 1. The van der Waals surface area contributed by atoms with Crippen molar-refractivity contribution >= 4 is 11.9 Å². The van der Waals surface area contributed by atoms with Crippen molar-refractivity contribution < 1.29 is 9.21 Å². The van der Waals surface area contributed by atoms with Gasteiger partial charge in [0.1, 0.15) is 5.69 Å². The molecule has 2 aromatic heterocycles. The predicted octanol–water partition coefficient (Wildman–Crippen LogP) is 2.52. The summed E-state index contributed by atoms with van der Waals surface area (Å²) < 4.78 is 7.15. The lowest BCUT2D eigenvalue weighted by atomic mass is 10.1. The van der Waals surface area contributed by atoms with E-state index in [1.165, 1.54) is 5.56 Å². The minimum Gasteiger partial charge on any atom is -0.401 e. The summed E-state index contributed by atoms with van der Waals surface area (Å²) in [5.41, 5.74) is 3.74. The van der Waals surface area contributed by atoms with E-state index in [0.717, 1.165) is 17.7 Å². The Morgan fingerprint density at radius 2 is 1.92 bits per heavy atom. The van der Waals surface area contributed by atoms with E-state index in [0.29, 0.717) is 11.6 Å². The molecule has 0 radical (unpaired) electrons. The van der Waals surface area contributed by atoms with Crippen LogP contribution in [0.25, 0.3) is 11.6 Å². The minimum atomic E-state index is -0.198. The number of aromatic nitrogens is 4. The zero-order valence-corrected chi connectivity index (χ0v) is 13.9. The van der Waals surface area contributed by atoms with Crippen LogP contribution < -0.4 is 5.32 Å². The molecule has 2 heterocycles. The first-order valence-corrected chi connectivity index (χ1v) is 7.77. The van der Waals surface area contributed by atoms with Crippen molar-refractivity contribution in [2.24, 2.45) is 7.05 Å². The van der Waals surface area contributed by atoms with Gasteiger partial charge < -0.3 is 4.42 Å². The van der Waals surface area contributed by atoms with Gasteiger partial charge in [-0.15, -0.1) is 5.10 Å². The lowest BCUT2D eigenvalue weighted by Crippen LogP contribution is -2.14. The first-order valence-electron chi connectivity index (χ1n) is 7.77. The van der Waals surface area contributed by atoms with Gasteiger partial charge in [-0.05, 0) is 30.5 Å². The molecular formula is C17H19N5O2. The Morgan fingerprint density at radius 3 is 2.54 bits per heavy atom. The maximum atomic E-state index is 12.1. The fourth-order valence-electron chi connectivity index (χ4n) is 2.43. The van der Waals surface area contributed by atoms with Gasteiger partial charge >= 0.3 is 6.01 Å². The average molecular weight is 325 g/mol. The van der Waals surface area contributed by atoms with Crippen LogP contribution >= 0.6 is 0 Å². The molecule has 24 heavy (non-hydrogen) atoms. The summed E-state index contributed by atoms with van der Waals surface area (Å²) in [6, 6.07) is 9.88. The van der Waals surface area contributed by atoms with Crippen molar-refractivity contribution in [3.8, 4) is 11.6 Å². The highest BCUT2D eigenvalue weighted by molar-refractivity contribution is 5.90. The molecule has 0 aliphatic rings. The van der Waals surface area contributed by atoms with Crippen LogP contribution in [0.3, 0.4) is 0 Å². The van der Waals surface area contributed by atoms with Gasteiger partial charge in [-0.3, -0.25) is 14.8 Å². The van der Waals surface area contributed by atoms with Crippen molar-refractivity contribution in [2.75, 3.05) is 5.32 Å². The van der Waals surface area contributed by atoms with Crippen LogP contribution in [0.5, 0.6) is 0 Å². The van der Waals surface area contributed by atoms with Crippen molar-refractivity contribution in [3.05, 3.63) is 47.2 Å². The Morgan fingerprint density at radius 1 is 1.21 bits per heavy atom. The topological polar surface area (TPSA) is 85.8 Å². The fourth-order valence-corrected chi connectivity index (χ4v) is 2.43. The van der Waals surface area contributed by atoms with Crippen LogP contribution in [0, 0.1) is 6.92 Å². The van der Waals surface area contributed by atoms with E-state index in [1.807, 2.05) is 37.3 Å². The molecule has 0 saturated heterocycles. The highest BCUT2D eigenvalue weighted by atomic mass is 16.4. The monoisotopic (exact) mass is 325 g/mol. The third kappa shape index (κ3) is 3.51. The van der Waals surface area contributed by atoms with Crippen LogP contribution in [0.4, 0.5) is 6.01 Å². The summed E-state index contributed by atoms with van der Waals surface area (Å²) in [5, 5.41) is 14.7. The van der Waals surface area contributed by atoms with Crippen LogP contribution in [0.15, 0.2) is 34.7 Å². The van der Waals surface area contributed by atoms with Crippen LogP contribution in [0.1, 0.15) is 23.7 Å². The van der Waals surface area contributed by atoms with Crippen molar-refractivity contribution in [1.29, 1.82) is 0 Å². The number of carbonyl (C=O) groups excluding carboxylic acids is 1. The largest absolute Gasteiger partial charge is 0.401 e. The molecule has 0 unspecified atom stereocenters. The van der Waals surface area contributed by atoms with E-state index in [2.05, 4.69) is 27.5 Å². The predicted molar refractivity (Wildman–Crippen MR) is 89.4 cm³/mol. The molecule has 3 rings (SSSR count). The smallest absolute Gasteiger partial charge is 0.322 e. The number of hydrogen-bond donors (Lipinski definition) is 1. The first-order chi connectivity index (χ1) is 11.5. The summed E-state index contributed by atoms with van der Waals surface area (Å²) in [7, 11) is 1.80. The number of amides is 1. The Hall–Kier alpha value is -2.96. The van der Waals surface area contributed by atoms with Gasteiger partial charge in [-0.2, -0.15) is 5.10 Å². The third-order valence-corrected chi connectivity index (χ3v) is 3.69. The molecule has 0 aliphatic heterocycles. The Bertz CT molecular complexity index is 848. The number of benzene rings is 1. The van der Waals surface area contributed by atoms with Crippen LogP contribution in [0.2, 0.25) is 0 Å². The molecule has 0 saturated carbocycles. The SMILES string of the molecule is CCc1ccc(CC(=O)Nc2nnc(-c3cc(C)nn3C)o2)cc1. The minimum absolute atomic E-state index is 0.0824. The Kier molecular flexibility index (Phi) is 4.41. The number of nitrogens with one attached hydrogen (secondary N) is 1. The average Bonchev–Trinajstić information content (AvgIpc) is 3.14. The molecule has 0 aliphatic carbocycles. The number of aryl methyl sites for hydroxylation is 3.